The van der Waals surface area contributed by atoms with Gasteiger partial charge in [0.15, 0.2) is 0 Å². The Morgan fingerprint density at radius 3 is 2.78 bits per heavy atom. The Hall–Kier alpha value is -0.900. The molecule has 4 heteroatoms. The molecule has 0 spiro atoms. The molecule has 1 atom stereocenters. The van der Waals surface area contributed by atoms with E-state index in [0.717, 1.165) is 37.5 Å². The average molecular weight is 250 g/mol. The smallest absolute Gasteiger partial charge is 0.133 e. The average Bonchev–Trinajstić information content (AvgIpc) is 2.76. The molecule has 0 bridgehead atoms. The molecule has 0 amide bonds. The number of aryl methyl sites for hydroxylation is 2. The topological polar surface area (TPSA) is 56.7 Å². The zero-order valence-corrected chi connectivity index (χ0v) is 11.6. The van der Waals surface area contributed by atoms with Gasteiger partial charge in [-0.25, -0.2) is 0 Å². The largest absolute Gasteiger partial charge is 0.326 e. The highest BCUT2D eigenvalue weighted by atomic mass is 15.3. The Morgan fingerprint density at radius 1 is 1.17 bits per heavy atom. The number of nitrogens with zero attached hydrogens (tertiary/aromatic N) is 3. The molecule has 1 aliphatic rings. The van der Waals surface area contributed by atoms with Crippen LogP contribution in [0.4, 0.5) is 0 Å². The summed E-state index contributed by atoms with van der Waals surface area (Å²) in [5.74, 6) is 2.29. The Balaban J connectivity index is 1.75. The van der Waals surface area contributed by atoms with E-state index in [1.54, 1.807) is 0 Å². The molecule has 0 saturated heterocycles. The summed E-state index contributed by atoms with van der Waals surface area (Å²) in [7, 11) is 0. The van der Waals surface area contributed by atoms with Gasteiger partial charge in [0.2, 0.25) is 0 Å². The van der Waals surface area contributed by atoms with Crippen LogP contribution in [0.15, 0.2) is 0 Å². The monoisotopic (exact) mass is 250 g/mol. The van der Waals surface area contributed by atoms with Crippen molar-refractivity contribution in [1.82, 2.24) is 14.8 Å². The summed E-state index contributed by atoms with van der Waals surface area (Å²) in [5.41, 5.74) is 6.01. The Labute approximate surface area is 110 Å². The van der Waals surface area contributed by atoms with Gasteiger partial charge < -0.3 is 10.3 Å². The van der Waals surface area contributed by atoms with Gasteiger partial charge in [0.1, 0.15) is 11.6 Å². The van der Waals surface area contributed by atoms with Gasteiger partial charge in [0, 0.05) is 25.4 Å². The molecule has 0 radical (unpaired) electrons. The van der Waals surface area contributed by atoms with Crippen molar-refractivity contribution in [2.45, 2.75) is 77.3 Å². The van der Waals surface area contributed by atoms with Crippen molar-refractivity contribution in [3.8, 4) is 0 Å². The van der Waals surface area contributed by atoms with Crippen molar-refractivity contribution >= 4 is 0 Å². The van der Waals surface area contributed by atoms with Gasteiger partial charge in [-0.05, 0) is 12.8 Å². The Kier molecular flexibility index (Phi) is 5.17. The SMILES string of the molecule is CCCCCCCCc1nnc2n1CC(N)CC2. The standard InChI is InChI=1S/C14H26N4/c1-2-3-4-5-6-7-8-13-16-17-14-10-9-12(15)11-18(13)14/h12H,2-11,15H2,1H3. The first-order valence-corrected chi connectivity index (χ1v) is 7.47. The number of nitrogens with two attached hydrogens (primary N) is 1. The van der Waals surface area contributed by atoms with E-state index in [1.165, 1.54) is 38.5 Å². The van der Waals surface area contributed by atoms with E-state index in [2.05, 4.69) is 21.7 Å². The summed E-state index contributed by atoms with van der Waals surface area (Å²) < 4.78 is 2.25. The normalized spacial score (nSPS) is 18.9. The molecule has 2 heterocycles. The molecule has 1 unspecified atom stereocenters. The zero-order valence-electron chi connectivity index (χ0n) is 11.6. The number of unbranched alkanes of at least 4 members (excludes halogenated alkanes) is 5. The maximum atomic E-state index is 6.01. The van der Waals surface area contributed by atoms with Crippen LogP contribution in [0.5, 0.6) is 0 Å². The summed E-state index contributed by atoms with van der Waals surface area (Å²) in [4.78, 5) is 0. The lowest BCUT2D eigenvalue weighted by Gasteiger charge is -2.20. The highest BCUT2D eigenvalue weighted by Gasteiger charge is 2.19. The number of hydrogen-bond acceptors (Lipinski definition) is 3. The zero-order chi connectivity index (χ0) is 12.8. The first-order valence-electron chi connectivity index (χ1n) is 7.47. The van der Waals surface area contributed by atoms with Crippen molar-refractivity contribution in [3.05, 3.63) is 11.6 Å². The minimum Gasteiger partial charge on any atom is -0.326 e. The van der Waals surface area contributed by atoms with Gasteiger partial charge >= 0.3 is 0 Å². The molecule has 0 saturated carbocycles. The van der Waals surface area contributed by atoms with Gasteiger partial charge in [-0.1, -0.05) is 39.0 Å². The fourth-order valence-electron chi connectivity index (χ4n) is 2.66. The first kappa shape index (κ1) is 13.5. The Bertz CT molecular complexity index is 359. The van der Waals surface area contributed by atoms with Gasteiger partial charge in [0.05, 0.1) is 0 Å². The number of hydrogen-bond donors (Lipinski definition) is 1. The molecule has 0 fully saturated rings. The second-order valence-electron chi connectivity index (χ2n) is 5.46. The number of rotatable bonds is 7. The van der Waals surface area contributed by atoms with Crippen LogP contribution in [0.1, 0.15) is 63.5 Å². The van der Waals surface area contributed by atoms with E-state index in [4.69, 9.17) is 5.73 Å². The van der Waals surface area contributed by atoms with Crippen molar-refractivity contribution in [1.29, 1.82) is 0 Å². The van der Waals surface area contributed by atoms with Crippen LogP contribution in [0, 0.1) is 0 Å². The highest BCUT2D eigenvalue weighted by Crippen LogP contribution is 2.16. The van der Waals surface area contributed by atoms with Crippen molar-refractivity contribution in [3.63, 3.8) is 0 Å². The van der Waals surface area contributed by atoms with Crippen LogP contribution >= 0.6 is 0 Å². The molecular weight excluding hydrogens is 224 g/mol. The van der Waals surface area contributed by atoms with Crippen LogP contribution in [0.25, 0.3) is 0 Å². The molecule has 2 rings (SSSR count). The quantitative estimate of drug-likeness (QED) is 0.756. The minimum absolute atomic E-state index is 0.289. The maximum absolute atomic E-state index is 6.01. The molecule has 0 aromatic carbocycles. The predicted molar refractivity (Wildman–Crippen MR) is 73.4 cm³/mol. The summed E-state index contributed by atoms with van der Waals surface area (Å²) in [6.45, 7) is 3.17. The van der Waals surface area contributed by atoms with Gasteiger partial charge in [-0.2, -0.15) is 0 Å². The maximum Gasteiger partial charge on any atom is 0.133 e. The summed E-state index contributed by atoms with van der Waals surface area (Å²) in [6, 6.07) is 0.289. The third-order valence-electron chi connectivity index (χ3n) is 3.81. The molecule has 0 aliphatic carbocycles. The van der Waals surface area contributed by atoms with Gasteiger partial charge in [-0.3, -0.25) is 0 Å². The third-order valence-corrected chi connectivity index (χ3v) is 3.81. The summed E-state index contributed by atoms with van der Waals surface area (Å²) in [6.07, 6.45) is 11.1. The second kappa shape index (κ2) is 6.88. The lowest BCUT2D eigenvalue weighted by Crippen LogP contribution is -2.32. The fraction of sp³-hybridized carbons (Fsp3) is 0.857. The minimum atomic E-state index is 0.289. The van der Waals surface area contributed by atoms with Crippen molar-refractivity contribution in [2.75, 3.05) is 0 Å². The van der Waals surface area contributed by atoms with E-state index < -0.39 is 0 Å². The molecule has 4 nitrogen and oxygen atoms in total. The van der Waals surface area contributed by atoms with Gasteiger partial charge in [0.25, 0.3) is 0 Å². The molecule has 18 heavy (non-hydrogen) atoms. The summed E-state index contributed by atoms with van der Waals surface area (Å²) in [5, 5.41) is 8.60. The van der Waals surface area contributed by atoms with E-state index in [1.807, 2.05) is 0 Å². The lowest BCUT2D eigenvalue weighted by atomic mass is 10.1. The van der Waals surface area contributed by atoms with Crippen molar-refractivity contribution < 1.29 is 0 Å². The predicted octanol–water partition coefficient (Wildman–Crippen LogP) is 2.45. The van der Waals surface area contributed by atoms with E-state index in [0.29, 0.717) is 0 Å². The first-order chi connectivity index (χ1) is 8.81. The highest BCUT2D eigenvalue weighted by molar-refractivity contribution is 5.01. The van der Waals surface area contributed by atoms with Crippen LogP contribution in [0.3, 0.4) is 0 Å². The van der Waals surface area contributed by atoms with Crippen LogP contribution < -0.4 is 5.73 Å². The van der Waals surface area contributed by atoms with Crippen LogP contribution in [-0.4, -0.2) is 20.8 Å². The second-order valence-corrected chi connectivity index (χ2v) is 5.46. The summed E-state index contributed by atoms with van der Waals surface area (Å²) >= 11 is 0. The third kappa shape index (κ3) is 3.55. The van der Waals surface area contributed by atoms with Gasteiger partial charge in [-0.15, -0.1) is 10.2 Å². The molecule has 1 aromatic rings. The van der Waals surface area contributed by atoms with E-state index in [9.17, 15) is 0 Å². The van der Waals surface area contributed by atoms with Crippen LogP contribution in [0.2, 0.25) is 0 Å². The lowest BCUT2D eigenvalue weighted by molar-refractivity contribution is 0.441. The van der Waals surface area contributed by atoms with E-state index >= 15 is 0 Å². The molecule has 1 aliphatic heterocycles. The Morgan fingerprint density at radius 2 is 1.94 bits per heavy atom. The number of aromatic nitrogens is 3. The van der Waals surface area contributed by atoms with Crippen LogP contribution in [-0.2, 0) is 19.4 Å². The molecule has 102 valence electrons. The van der Waals surface area contributed by atoms with E-state index in [-0.39, 0.29) is 6.04 Å². The molecular formula is C14H26N4. The molecule has 2 N–H and O–H groups in total. The fourth-order valence-corrected chi connectivity index (χ4v) is 2.66. The molecule has 1 aromatic heterocycles. The van der Waals surface area contributed by atoms with Crippen molar-refractivity contribution in [2.24, 2.45) is 5.73 Å². The number of fused-ring (bicyclic) bond motifs is 1.